The number of hydrogen-bond acceptors (Lipinski definition) is 3. The van der Waals surface area contributed by atoms with E-state index in [1.54, 1.807) is 12.1 Å². The van der Waals surface area contributed by atoms with Crippen molar-refractivity contribution in [3.05, 3.63) is 28.7 Å². The van der Waals surface area contributed by atoms with Crippen molar-refractivity contribution in [1.82, 2.24) is 4.72 Å². The van der Waals surface area contributed by atoms with Crippen LogP contribution in [0.5, 0.6) is 0 Å². The predicted octanol–water partition coefficient (Wildman–Crippen LogP) is 2.01. The Hall–Kier alpha value is -0.570. The number of rotatable bonds is 7. The van der Waals surface area contributed by atoms with Crippen molar-refractivity contribution in [1.29, 1.82) is 0 Å². The molecule has 0 aliphatic heterocycles. The van der Waals surface area contributed by atoms with Gasteiger partial charge in [0.25, 0.3) is 6.43 Å². The van der Waals surface area contributed by atoms with Gasteiger partial charge < -0.3 is 4.74 Å². The third-order valence-corrected chi connectivity index (χ3v) is 3.84. The lowest BCUT2D eigenvalue weighted by molar-refractivity contribution is 0.0199. The molecule has 0 spiro atoms. The van der Waals surface area contributed by atoms with Gasteiger partial charge in [-0.25, -0.2) is 21.9 Å². The van der Waals surface area contributed by atoms with Gasteiger partial charge in [-0.3, -0.25) is 0 Å². The van der Waals surface area contributed by atoms with Gasteiger partial charge in [0.2, 0.25) is 10.0 Å². The molecule has 0 bridgehead atoms. The van der Waals surface area contributed by atoms with E-state index < -0.39 is 23.1 Å². The minimum Gasteiger partial charge on any atom is -0.374 e. The standard InChI is InChI=1S/C10H12BrF2NO3S/c11-8-2-1-3-9(6-8)18(15,16)14-4-5-17-7-10(12)13/h1-3,6,10,14H,4-5,7H2. The summed E-state index contributed by atoms with van der Waals surface area (Å²) in [5, 5.41) is 0. The summed E-state index contributed by atoms with van der Waals surface area (Å²) in [6, 6.07) is 6.17. The fraction of sp³-hybridized carbons (Fsp3) is 0.400. The summed E-state index contributed by atoms with van der Waals surface area (Å²) >= 11 is 3.16. The van der Waals surface area contributed by atoms with E-state index in [1.165, 1.54) is 12.1 Å². The molecule has 1 N–H and O–H groups in total. The Balaban J connectivity index is 2.46. The first-order valence-electron chi connectivity index (χ1n) is 5.03. The molecule has 0 saturated carbocycles. The Labute approximate surface area is 113 Å². The summed E-state index contributed by atoms with van der Waals surface area (Å²) in [5.74, 6) is 0. The van der Waals surface area contributed by atoms with E-state index >= 15 is 0 Å². The van der Waals surface area contributed by atoms with Crippen LogP contribution in [0.15, 0.2) is 33.6 Å². The number of alkyl halides is 2. The number of nitrogens with one attached hydrogen (secondary N) is 1. The zero-order chi connectivity index (χ0) is 13.6. The molecule has 1 aromatic carbocycles. The quantitative estimate of drug-likeness (QED) is 0.770. The molecule has 1 aromatic rings. The molecule has 0 aliphatic rings. The highest BCUT2D eigenvalue weighted by molar-refractivity contribution is 9.10. The molecule has 0 radical (unpaired) electrons. The molecule has 8 heteroatoms. The monoisotopic (exact) mass is 343 g/mol. The van der Waals surface area contributed by atoms with E-state index in [4.69, 9.17) is 0 Å². The molecule has 0 saturated heterocycles. The lowest BCUT2D eigenvalue weighted by Gasteiger charge is -2.07. The van der Waals surface area contributed by atoms with Gasteiger partial charge in [0.15, 0.2) is 0 Å². The van der Waals surface area contributed by atoms with Gasteiger partial charge in [-0.05, 0) is 18.2 Å². The fourth-order valence-electron chi connectivity index (χ4n) is 1.14. The van der Waals surface area contributed by atoms with Crippen LogP contribution < -0.4 is 4.72 Å². The predicted molar refractivity (Wildman–Crippen MR) is 66.2 cm³/mol. The zero-order valence-electron chi connectivity index (χ0n) is 9.27. The second kappa shape index (κ2) is 7.13. The average molecular weight is 344 g/mol. The van der Waals surface area contributed by atoms with Crippen LogP contribution in [0.1, 0.15) is 0 Å². The Morgan fingerprint density at radius 3 is 2.72 bits per heavy atom. The number of benzene rings is 1. The summed E-state index contributed by atoms with van der Waals surface area (Å²) in [6.07, 6.45) is -2.55. The van der Waals surface area contributed by atoms with Crippen molar-refractivity contribution >= 4 is 26.0 Å². The SMILES string of the molecule is O=S(=O)(NCCOCC(F)F)c1cccc(Br)c1. The van der Waals surface area contributed by atoms with Crippen molar-refractivity contribution in [2.45, 2.75) is 11.3 Å². The highest BCUT2D eigenvalue weighted by atomic mass is 79.9. The van der Waals surface area contributed by atoms with Crippen LogP contribution in [0, 0.1) is 0 Å². The summed E-state index contributed by atoms with van der Waals surface area (Å²) in [6.45, 7) is -0.849. The van der Waals surface area contributed by atoms with Gasteiger partial charge in [0.05, 0.1) is 11.5 Å². The van der Waals surface area contributed by atoms with E-state index in [9.17, 15) is 17.2 Å². The molecule has 4 nitrogen and oxygen atoms in total. The molecule has 0 amide bonds. The normalized spacial score (nSPS) is 12.0. The van der Waals surface area contributed by atoms with Gasteiger partial charge in [0, 0.05) is 11.0 Å². The first-order chi connectivity index (χ1) is 8.42. The number of halogens is 3. The van der Waals surface area contributed by atoms with Crippen LogP contribution >= 0.6 is 15.9 Å². The van der Waals surface area contributed by atoms with E-state index in [2.05, 4.69) is 25.4 Å². The Morgan fingerprint density at radius 1 is 1.39 bits per heavy atom. The smallest absolute Gasteiger partial charge is 0.261 e. The van der Waals surface area contributed by atoms with Crippen LogP contribution in [-0.4, -0.2) is 34.6 Å². The van der Waals surface area contributed by atoms with Crippen LogP contribution in [0.3, 0.4) is 0 Å². The third kappa shape index (κ3) is 5.38. The number of hydrogen-bond donors (Lipinski definition) is 1. The highest BCUT2D eigenvalue weighted by Gasteiger charge is 2.13. The summed E-state index contributed by atoms with van der Waals surface area (Å²) < 4.78 is 54.4. The van der Waals surface area contributed by atoms with Crippen molar-refractivity contribution in [2.75, 3.05) is 19.8 Å². The zero-order valence-corrected chi connectivity index (χ0v) is 11.7. The van der Waals surface area contributed by atoms with Crippen molar-refractivity contribution < 1.29 is 21.9 Å². The highest BCUT2D eigenvalue weighted by Crippen LogP contribution is 2.15. The Morgan fingerprint density at radius 2 is 2.11 bits per heavy atom. The van der Waals surface area contributed by atoms with Gasteiger partial charge in [-0.1, -0.05) is 22.0 Å². The van der Waals surface area contributed by atoms with Crippen molar-refractivity contribution in [2.24, 2.45) is 0 Å². The first-order valence-corrected chi connectivity index (χ1v) is 7.30. The van der Waals surface area contributed by atoms with Crippen LogP contribution in [0.25, 0.3) is 0 Å². The van der Waals surface area contributed by atoms with Gasteiger partial charge in [0.1, 0.15) is 6.61 Å². The molecule has 0 fully saturated rings. The average Bonchev–Trinajstić information content (AvgIpc) is 2.28. The second-order valence-corrected chi connectivity index (χ2v) is 6.00. The molecular formula is C10H12BrF2NO3S. The maximum Gasteiger partial charge on any atom is 0.261 e. The lowest BCUT2D eigenvalue weighted by atomic mass is 10.4. The third-order valence-electron chi connectivity index (χ3n) is 1.89. The van der Waals surface area contributed by atoms with Crippen LogP contribution in [-0.2, 0) is 14.8 Å². The molecule has 0 aromatic heterocycles. The maximum absolute atomic E-state index is 11.7. The summed E-state index contributed by atoms with van der Waals surface area (Å²) in [7, 11) is -3.63. The molecule has 0 atom stereocenters. The first kappa shape index (κ1) is 15.5. The molecule has 0 heterocycles. The Kier molecular flexibility index (Phi) is 6.13. The molecule has 18 heavy (non-hydrogen) atoms. The molecule has 0 aliphatic carbocycles. The van der Waals surface area contributed by atoms with Gasteiger partial charge in [-0.2, -0.15) is 0 Å². The second-order valence-electron chi connectivity index (χ2n) is 3.32. The molecule has 0 unspecified atom stereocenters. The molecule has 102 valence electrons. The van der Waals surface area contributed by atoms with E-state index in [0.717, 1.165) is 0 Å². The van der Waals surface area contributed by atoms with E-state index in [1.807, 2.05) is 0 Å². The van der Waals surface area contributed by atoms with Crippen LogP contribution in [0.4, 0.5) is 8.78 Å². The number of sulfonamides is 1. The fourth-order valence-corrected chi connectivity index (χ4v) is 2.75. The molecular weight excluding hydrogens is 332 g/mol. The van der Waals surface area contributed by atoms with E-state index in [-0.39, 0.29) is 18.0 Å². The summed E-state index contributed by atoms with van der Waals surface area (Å²) in [5.41, 5.74) is 0. The summed E-state index contributed by atoms with van der Waals surface area (Å²) in [4.78, 5) is 0.103. The van der Waals surface area contributed by atoms with Crippen molar-refractivity contribution in [3.63, 3.8) is 0 Å². The topological polar surface area (TPSA) is 55.4 Å². The molecule has 1 rings (SSSR count). The largest absolute Gasteiger partial charge is 0.374 e. The lowest BCUT2D eigenvalue weighted by Crippen LogP contribution is -2.28. The van der Waals surface area contributed by atoms with Gasteiger partial charge in [-0.15, -0.1) is 0 Å². The maximum atomic E-state index is 11.7. The van der Waals surface area contributed by atoms with E-state index in [0.29, 0.717) is 4.47 Å². The van der Waals surface area contributed by atoms with Crippen molar-refractivity contribution in [3.8, 4) is 0 Å². The Bertz CT molecular complexity index is 482. The minimum atomic E-state index is -3.63. The number of ether oxygens (including phenoxy) is 1. The van der Waals surface area contributed by atoms with Crippen LogP contribution in [0.2, 0.25) is 0 Å². The van der Waals surface area contributed by atoms with Gasteiger partial charge >= 0.3 is 0 Å². The minimum absolute atomic E-state index is 0.0540.